The lowest BCUT2D eigenvalue weighted by atomic mass is 10.1. The molecule has 136 valence electrons. The number of benzene rings is 2. The Balaban J connectivity index is 1.59. The summed E-state index contributed by atoms with van der Waals surface area (Å²) in [7, 11) is 0. The molecule has 0 amide bonds. The first-order valence-corrected chi connectivity index (χ1v) is 8.78. The van der Waals surface area contributed by atoms with Crippen molar-refractivity contribution in [2.24, 2.45) is 4.99 Å². The van der Waals surface area contributed by atoms with Crippen molar-refractivity contribution < 1.29 is 14.0 Å². The molecule has 0 radical (unpaired) electrons. The number of para-hydroxylation sites is 1. The molecule has 0 bridgehead atoms. The average Bonchev–Trinajstić information content (AvgIpc) is 3.41. The Morgan fingerprint density at radius 1 is 1.00 bits per heavy atom. The second-order valence-corrected chi connectivity index (χ2v) is 6.41. The molecule has 1 N–H and O–H groups in total. The van der Waals surface area contributed by atoms with E-state index in [0.29, 0.717) is 22.7 Å². The number of aromatic hydroxyl groups is 1. The number of hydrogen-bond donors (Lipinski definition) is 1. The minimum atomic E-state index is -0.264. The van der Waals surface area contributed by atoms with E-state index in [9.17, 15) is 5.11 Å². The van der Waals surface area contributed by atoms with Crippen LogP contribution in [0.2, 0.25) is 0 Å². The van der Waals surface area contributed by atoms with Crippen LogP contribution in [0.15, 0.2) is 68.5 Å². The van der Waals surface area contributed by atoms with Gasteiger partial charge in [-0.05, 0) is 19.1 Å². The molecule has 1 aliphatic rings. The number of rotatable bonds is 3. The molecule has 5 rings (SSSR count). The Kier molecular flexibility index (Phi) is 3.69. The van der Waals surface area contributed by atoms with E-state index in [4.69, 9.17) is 8.94 Å². The maximum absolute atomic E-state index is 10.3. The van der Waals surface area contributed by atoms with Crippen LogP contribution >= 0.6 is 0 Å². The number of allylic oxidation sites excluding steroid dienone is 1. The van der Waals surface area contributed by atoms with Gasteiger partial charge in [-0.2, -0.15) is 0 Å². The summed E-state index contributed by atoms with van der Waals surface area (Å²) < 4.78 is 10.9. The fourth-order valence-electron chi connectivity index (χ4n) is 3.24. The first-order chi connectivity index (χ1) is 13.7. The second-order valence-electron chi connectivity index (χ2n) is 6.41. The largest absolute Gasteiger partial charge is 0.479 e. The zero-order chi connectivity index (χ0) is 19.1. The molecule has 0 spiro atoms. The number of aromatic nitrogens is 2. The lowest BCUT2D eigenvalue weighted by Gasteiger charge is -1.98. The van der Waals surface area contributed by atoms with Gasteiger partial charge in [-0.3, -0.25) is 4.99 Å². The molecular weight excluding hydrogens is 354 g/mol. The normalized spacial score (nSPS) is 14.0. The quantitative estimate of drug-likeness (QED) is 0.532. The standard InChI is InChI=1S/C22H15N3O3/c1-13-19(20(25-28-13)14-7-3-2-4-8-14)21-24-18(22(26)27-21)11-15-12-23-17-10-6-5-9-16(15)17/h2-12,26H,1H3/b15-11+. The number of nitrogens with zero attached hydrogens (tertiary/aromatic N) is 3. The van der Waals surface area contributed by atoms with E-state index < -0.39 is 0 Å². The molecule has 6 heteroatoms. The van der Waals surface area contributed by atoms with Crippen LogP contribution < -0.4 is 0 Å². The van der Waals surface area contributed by atoms with Gasteiger partial charge in [0, 0.05) is 22.9 Å². The van der Waals surface area contributed by atoms with Gasteiger partial charge in [-0.15, -0.1) is 0 Å². The fraction of sp³-hybridized carbons (Fsp3) is 0.0455. The zero-order valence-electron chi connectivity index (χ0n) is 15.0. The predicted molar refractivity (Wildman–Crippen MR) is 106 cm³/mol. The molecule has 2 aromatic heterocycles. The molecule has 0 saturated heterocycles. The topological polar surface area (TPSA) is 84.7 Å². The molecule has 6 nitrogen and oxygen atoms in total. The van der Waals surface area contributed by atoms with Crippen molar-refractivity contribution in [1.82, 2.24) is 10.1 Å². The van der Waals surface area contributed by atoms with Crippen LogP contribution in [0.3, 0.4) is 0 Å². The molecule has 0 saturated carbocycles. The number of aliphatic imine (C=N–C) groups is 1. The first kappa shape index (κ1) is 16.3. The Morgan fingerprint density at radius 2 is 1.79 bits per heavy atom. The van der Waals surface area contributed by atoms with Gasteiger partial charge in [-0.1, -0.05) is 53.7 Å². The summed E-state index contributed by atoms with van der Waals surface area (Å²) in [4.78, 5) is 8.85. The third kappa shape index (κ3) is 2.63. The van der Waals surface area contributed by atoms with Gasteiger partial charge in [0.25, 0.3) is 0 Å². The fourth-order valence-corrected chi connectivity index (χ4v) is 3.24. The molecule has 1 aliphatic heterocycles. The maximum Gasteiger partial charge on any atom is 0.310 e. The van der Waals surface area contributed by atoms with Gasteiger partial charge >= 0.3 is 5.95 Å². The van der Waals surface area contributed by atoms with Crippen LogP contribution in [0.4, 0.5) is 5.69 Å². The third-order valence-electron chi connectivity index (χ3n) is 4.61. The average molecular weight is 369 g/mol. The number of oxazole rings is 1. The highest BCUT2D eigenvalue weighted by molar-refractivity contribution is 6.21. The summed E-state index contributed by atoms with van der Waals surface area (Å²) in [5.41, 5.74) is 5.17. The van der Waals surface area contributed by atoms with Crippen LogP contribution in [0, 0.1) is 6.92 Å². The minimum Gasteiger partial charge on any atom is -0.479 e. The van der Waals surface area contributed by atoms with E-state index in [0.717, 1.165) is 22.4 Å². The summed E-state index contributed by atoms with van der Waals surface area (Å²) in [6.07, 6.45) is 3.50. The second kappa shape index (κ2) is 6.35. The Bertz CT molecular complexity index is 1230. The van der Waals surface area contributed by atoms with Crippen LogP contribution in [-0.4, -0.2) is 21.5 Å². The van der Waals surface area contributed by atoms with Crippen LogP contribution in [-0.2, 0) is 0 Å². The molecule has 0 aliphatic carbocycles. The molecule has 28 heavy (non-hydrogen) atoms. The summed E-state index contributed by atoms with van der Waals surface area (Å²) >= 11 is 0. The molecule has 0 fully saturated rings. The van der Waals surface area contributed by atoms with Crippen molar-refractivity contribution in [2.75, 3.05) is 0 Å². The molecule has 4 aromatic rings. The Hall–Kier alpha value is -3.93. The van der Waals surface area contributed by atoms with Crippen LogP contribution in [0.5, 0.6) is 5.95 Å². The summed E-state index contributed by atoms with van der Waals surface area (Å²) in [5.74, 6) is 0.553. The monoisotopic (exact) mass is 369 g/mol. The van der Waals surface area contributed by atoms with Crippen molar-refractivity contribution in [3.05, 3.63) is 71.6 Å². The molecule has 3 heterocycles. The highest BCUT2D eigenvalue weighted by Crippen LogP contribution is 2.38. The van der Waals surface area contributed by atoms with E-state index in [1.165, 1.54) is 0 Å². The van der Waals surface area contributed by atoms with Crippen molar-refractivity contribution >= 4 is 23.6 Å². The first-order valence-electron chi connectivity index (χ1n) is 8.78. The van der Waals surface area contributed by atoms with E-state index >= 15 is 0 Å². The van der Waals surface area contributed by atoms with E-state index in [-0.39, 0.29) is 11.8 Å². The third-order valence-corrected chi connectivity index (χ3v) is 4.61. The lowest BCUT2D eigenvalue weighted by molar-refractivity contribution is 0.336. The van der Waals surface area contributed by atoms with Gasteiger partial charge in [0.2, 0.25) is 5.89 Å². The lowest BCUT2D eigenvalue weighted by Crippen LogP contribution is -1.85. The van der Waals surface area contributed by atoms with E-state index in [1.54, 1.807) is 19.2 Å². The van der Waals surface area contributed by atoms with Crippen LogP contribution in [0.1, 0.15) is 17.0 Å². The zero-order valence-corrected chi connectivity index (χ0v) is 15.0. The molecular formula is C22H15N3O3. The number of aryl methyl sites for hydroxylation is 1. The van der Waals surface area contributed by atoms with Crippen molar-refractivity contribution in [1.29, 1.82) is 0 Å². The van der Waals surface area contributed by atoms with Crippen molar-refractivity contribution in [3.8, 4) is 28.7 Å². The van der Waals surface area contributed by atoms with Crippen molar-refractivity contribution in [3.63, 3.8) is 0 Å². The summed E-state index contributed by atoms with van der Waals surface area (Å²) in [6, 6.07) is 17.4. The van der Waals surface area contributed by atoms with Crippen molar-refractivity contribution in [2.45, 2.75) is 6.92 Å². The van der Waals surface area contributed by atoms with Gasteiger partial charge in [0.05, 0.1) is 5.69 Å². The minimum absolute atomic E-state index is 0.255. The number of hydrogen-bond acceptors (Lipinski definition) is 6. The van der Waals surface area contributed by atoms with Gasteiger partial charge in [0.1, 0.15) is 22.7 Å². The molecule has 0 unspecified atom stereocenters. The summed E-state index contributed by atoms with van der Waals surface area (Å²) in [6.45, 7) is 1.79. The Morgan fingerprint density at radius 3 is 2.64 bits per heavy atom. The smallest absolute Gasteiger partial charge is 0.310 e. The van der Waals surface area contributed by atoms with E-state index in [1.807, 2.05) is 54.6 Å². The molecule has 2 aromatic carbocycles. The highest BCUT2D eigenvalue weighted by Gasteiger charge is 2.23. The van der Waals surface area contributed by atoms with Gasteiger partial charge in [-0.25, -0.2) is 4.98 Å². The van der Waals surface area contributed by atoms with Gasteiger partial charge < -0.3 is 14.0 Å². The summed E-state index contributed by atoms with van der Waals surface area (Å²) in [5, 5.41) is 14.5. The highest BCUT2D eigenvalue weighted by atomic mass is 16.5. The van der Waals surface area contributed by atoms with E-state index in [2.05, 4.69) is 15.1 Å². The number of fused-ring (bicyclic) bond motifs is 1. The maximum atomic E-state index is 10.3. The molecule has 0 atom stereocenters. The van der Waals surface area contributed by atoms with Gasteiger partial charge in [0.15, 0.2) is 0 Å². The Labute approximate surface area is 160 Å². The predicted octanol–water partition coefficient (Wildman–Crippen LogP) is 5.27. The SMILES string of the molecule is Cc1onc(-c2ccccc2)c1-c1nc(/C=C2\C=Nc3ccccc32)c(O)o1. The van der Waals surface area contributed by atoms with Crippen LogP contribution in [0.25, 0.3) is 34.4 Å².